The van der Waals surface area contributed by atoms with Gasteiger partial charge >= 0.3 is 0 Å². The molecule has 4 aliphatic rings. The van der Waals surface area contributed by atoms with Crippen molar-refractivity contribution >= 4 is 28.0 Å². The average Bonchev–Trinajstić information content (AvgIpc) is 3.36. The minimum absolute atomic E-state index is 0.00249. The van der Waals surface area contributed by atoms with E-state index in [1.165, 1.54) is 0 Å². The molecule has 206 valence electrons. The smallest absolute Gasteiger partial charge is 0.146 e. The largest absolute Gasteiger partial charge is 0.389 e. The first-order chi connectivity index (χ1) is 17.3. The summed E-state index contributed by atoms with van der Waals surface area (Å²) in [5.74, 6) is 2.53. The lowest BCUT2D eigenvalue weighted by molar-refractivity contribution is -0.123. The van der Waals surface area contributed by atoms with E-state index in [9.17, 15) is 14.7 Å². The number of halogens is 1. The fraction of sp³-hybridized carbons (Fsp3) is 0.806. The summed E-state index contributed by atoms with van der Waals surface area (Å²) in [6.45, 7) is 11.3. The Labute approximate surface area is 231 Å². The number of hydrogen-bond donors (Lipinski definition) is 1. The Morgan fingerprint density at radius 2 is 2.08 bits per heavy atom. The zero-order chi connectivity index (χ0) is 27.2. The Kier molecular flexibility index (Phi) is 8.25. The predicted octanol–water partition coefficient (Wildman–Crippen LogP) is 5.80. The summed E-state index contributed by atoms with van der Waals surface area (Å²) >= 11 is 3.96. The van der Waals surface area contributed by atoms with Gasteiger partial charge in [-0.1, -0.05) is 35.9 Å². The number of aldehydes is 1. The molecule has 2 saturated carbocycles. The third-order valence-electron chi connectivity index (χ3n) is 10.3. The lowest BCUT2D eigenvalue weighted by Crippen LogP contribution is -2.48. The molecule has 1 saturated heterocycles. The highest BCUT2D eigenvalue weighted by Gasteiger charge is 2.64. The molecule has 0 aromatic rings. The molecule has 0 radical (unpaired) electrons. The number of alkyl halides is 1. The predicted molar refractivity (Wildman–Crippen MR) is 148 cm³/mol. The van der Waals surface area contributed by atoms with Crippen LogP contribution in [0.4, 0.5) is 0 Å². The van der Waals surface area contributed by atoms with E-state index >= 15 is 0 Å². The summed E-state index contributed by atoms with van der Waals surface area (Å²) < 4.78 is 13.4. The van der Waals surface area contributed by atoms with E-state index in [4.69, 9.17) is 15.9 Å². The monoisotopic (exact) mass is 576 g/mol. The molecular weight excluding hydrogens is 532 g/mol. The molecular formula is C31H45BrO5. The molecule has 0 unspecified atom stereocenters. The number of carbonyl (C=O) groups excluding carboxylic acids is 2. The van der Waals surface area contributed by atoms with Crippen molar-refractivity contribution in [3.63, 3.8) is 0 Å². The number of aliphatic hydroxyl groups is 1. The van der Waals surface area contributed by atoms with Gasteiger partial charge in [0.25, 0.3) is 0 Å². The lowest BCUT2D eigenvalue weighted by Gasteiger charge is -2.46. The van der Waals surface area contributed by atoms with E-state index in [2.05, 4.69) is 49.5 Å². The van der Waals surface area contributed by atoms with Crippen molar-refractivity contribution in [3.8, 4) is 12.3 Å². The molecule has 1 spiro atoms. The summed E-state index contributed by atoms with van der Waals surface area (Å²) in [5.41, 5.74) is -1.29. The van der Waals surface area contributed by atoms with Crippen LogP contribution < -0.4 is 0 Å². The Morgan fingerprint density at radius 3 is 2.76 bits per heavy atom. The van der Waals surface area contributed by atoms with Gasteiger partial charge in [-0.15, -0.1) is 12.3 Å². The number of terminal acetylenes is 1. The van der Waals surface area contributed by atoms with Crippen LogP contribution in [0.5, 0.6) is 0 Å². The highest BCUT2D eigenvalue weighted by molar-refractivity contribution is 9.09. The number of unbranched alkanes of at least 4 members (excludes halogenated alkanes) is 2. The van der Waals surface area contributed by atoms with Crippen molar-refractivity contribution < 1.29 is 24.2 Å². The van der Waals surface area contributed by atoms with E-state index in [0.717, 1.165) is 57.7 Å². The normalized spacial score (nSPS) is 43.9. The second kappa shape index (κ2) is 10.5. The summed E-state index contributed by atoms with van der Waals surface area (Å²) in [7, 11) is 0. The van der Waals surface area contributed by atoms with Gasteiger partial charge in [-0.2, -0.15) is 0 Å². The van der Waals surface area contributed by atoms with Gasteiger partial charge in [-0.05, 0) is 88.5 Å². The number of rotatable bonds is 8. The van der Waals surface area contributed by atoms with Crippen molar-refractivity contribution in [2.75, 3.05) is 6.61 Å². The van der Waals surface area contributed by atoms with Gasteiger partial charge in [-0.25, -0.2) is 0 Å². The summed E-state index contributed by atoms with van der Waals surface area (Å²) in [4.78, 5) is 25.0. The van der Waals surface area contributed by atoms with Crippen LogP contribution in [-0.2, 0) is 19.1 Å². The van der Waals surface area contributed by atoms with Gasteiger partial charge in [0.15, 0.2) is 0 Å². The maximum absolute atomic E-state index is 12.9. The average molecular weight is 578 g/mol. The van der Waals surface area contributed by atoms with E-state index in [-0.39, 0.29) is 46.0 Å². The van der Waals surface area contributed by atoms with Gasteiger partial charge in [-0.3, -0.25) is 9.59 Å². The molecule has 3 aliphatic carbocycles. The Hall–Kier alpha value is -1.00. The third-order valence-corrected chi connectivity index (χ3v) is 12.0. The van der Waals surface area contributed by atoms with Gasteiger partial charge in [0, 0.05) is 25.4 Å². The van der Waals surface area contributed by atoms with E-state index in [1.807, 2.05) is 6.08 Å². The zero-order valence-electron chi connectivity index (χ0n) is 23.2. The maximum atomic E-state index is 12.9. The number of ether oxygens (including phenoxy) is 2. The van der Waals surface area contributed by atoms with E-state index < -0.39 is 17.1 Å². The van der Waals surface area contributed by atoms with Crippen LogP contribution in [0.15, 0.2) is 11.6 Å². The van der Waals surface area contributed by atoms with Crippen molar-refractivity contribution in [2.24, 2.45) is 29.1 Å². The highest BCUT2D eigenvalue weighted by Crippen LogP contribution is 2.64. The van der Waals surface area contributed by atoms with Crippen molar-refractivity contribution in [1.29, 1.82) is 0 Å². The number of carbonyl (C=O) groups is 2. The first-order valence-corrected chi connectivity index (χ1v) is 15.0. The lowest BCUT2D eigenvalue weighted by atomic mass is 9.62. The molecule has 5 nitrogen and oxygen atoms in total. The van der Waals surface area contributed by atoms with Crippen LogP contribution >= 0.6 is 15.9 Å². The number of fused-ring (bicyclic) bond motifs is 3. The molecule has 0 aromatic heterocycles. The summed E-state index contributed by atoms with van der Waals surface area (Å²) in [6.07, 6.45) is 15.4. The first-order valence-electron chi connectivity index (χ1n) is 14.1. The van der Waals surface area contributed by atoms with Gasteiger partial charge in [0.2, 0.25) is 0 Å². The minimum Gasteiger partial charge on any atom is -0.389 e. The molecule has 0 amide bonds. The third kappa shape index (κ3) is 5.15. The summed E-state index contributed by atoms with van der Waals surface area (Å²) in [6, 6.07) is 0. The highest BCUT2D eigenvalue weighted by atomic mass is 79.9. The molecule has 1 heterocycles. The number of hydrogen-bond acceptors (Lipinski definition) is 5. The molecule has 4 rings (SSSR count). The number of allylic oxidation sites excluding steroid dienone is 2. The molecule has 0 aromatic carbocycles. The molecule has 6 heteroatoms. The van der Waals surface area contributed by atoms with Crippen molar-refractivity contribution in [2.45, 2.75) is 120 Å². The molecule has 9 atom stereocenters. The van der Waals surface area contributed by atoms with Crippen LogP contribution in [0.3, 0.4) is 0 Å². The van der Waals surface area contributed by atoms with Gasteiger partial charge in [0.1, 0.15) is 12.1 Å². The molecule has 1 aliphatic heterocycles. The second-order valence-corrected chi connectivity index (χ2v) is 14.3. The standard InChI is InChI=1S/C31H45BrO5/c1-7-8-9-10-15-36-28(3,4)27(32)24-16-20(2)31(37-24)14-13-29(5)17-22-26(23(34)18-30(22,6)35)21(19-33)11-12-25(29)31/h1,11,19-20,22,24-27,35H,8-10,12-18H2,2-6H3/b21-11-/t20-,22-,24+,25+,26+,27-,29+,30+,31-/m0/s1. The molecule has 0 bridgehead atoms. The number of ketones is 1. The fourth-order valence-corrected chi connectivity index (χ4v) is 8.64. The topological polar surface area (TPSA) is 72.8 Å². The molecule has 1 N–H and O–H groups in total. The quantitative estimate of drug-likeness (QED) is 0.171. The maximum Gasteiger partial charge on any atom is 0.146 e. The molecule has 37 heavy (non-hydrogen) atoms. The Bertz CT molecular complexity index is 963. The van der Waals surface area contributed by atoms with Crippen LogP contribution in [-0.4, -0.2) is 51.5 Å². The molecule has 3 fully saturated rings. The SMILES string of the molecule is C#CCCCCOC(C)(C)[C@@H](Br)[C@H]1C[C@H](C)[C@]2(CC[C@]3(C)C[C@H]4[C@H](C(=O)C[C@@]4(C)O)/C(C=O)=C\C[C@H]32)O1. The van der Waals surface area contributed by atoms with E-state index in [0.29, 0.717) is 18.1 Å². The van der Waals surface area contributed by atoms with Gasteiger partial charge in [0.05, 0.1) is 33.7 Å². The Balaban J connectivity index is 1.56. The van der Waals surface area contributed by atoms with E-state index in [1.54, 1.807) is 6.92 Å². The second-order valence-electron chi connectivity index (χ2n) is 13.3. The number of Topliss-reactive ketones (excluding diaryl/α,β-unsaturated/α-hetero) is 1. The van der Waals surface area contributed by atoms with Crippen LogP contribution in [0.2, 0.25) is 0 Å². The van der Waals surface area contributed by atoms with Crippen molar-refractivity contribution in [3.05, 3.63) is 11.6 Å². The zero-order valence-corrected chi connectivity index (χ0v) is 24.8. The summed E-state index contributed by atoms with van der Waals surface area (Å²) in [5, 5.41) is 11.2. The van der Waals surface area contributed by atoms with Crippen LogP contribution in [0, 0.1) is 41.4 Å². The van der Waals surface area contributed by atoms with Crippen LogP contribution in [0.25, 0.3) is 0 Å². The van der Waals surface area contributed by atoms with Crippen molar-refractivity contribution in [1.82, 2.24) is 0 Å². The Morgan fingerprint density at radius 1 is 1.35 bits per heavy atom. The minimum atomic E-state index is -1.09. The van der Waals surface area contributed by atoms with Crippen LogP contribution in [0.1, 0.15) is 92.4 Å². The first kappa shape index (κ1) is 29.0. The van der Waals surface area contributed by atoms with Gasteiger partial charge < -0.3 is 14.6 Å². The fourth-order valence-electron chi connectivity index (χ4n) is 8.18.